The monoisotopic (exact) mass is 259 g/mol. The molecule has 1 aliphatic heterocycles. The van der Waals surface area contributed by atoms with Gasteiger partial charge in [-0.25, -0.2) is 0 Å². The first-order valence-electron chi connectivity index (χ1n) is 7.59. The van der Waals surface area contributed by atoms with E-state index in [1.54, 1.807) is 0 Å². The van der Waals surface area contributed by atoms with Crippen molar-refractivity contribution in [2.75, 3.05) is 13.1 Å². The fraction of sp³-hybridized carbons (Fsp3) is 0.688. The average molecular weight is 259 g/mol. The van der Waals surface area contributed by atoms with Gasteiger partial charge in [-0.15, -0.1) is 0 Å². The van der Waals surface area contributed by atoms with E-state index < -0.39 is 0 Å². The Bertz CT molecular complexity index is 437. The first kappa shape index (κ1) is 13.1. The summed E-state index contributed by atoms with van der Waals surface area (Å²) in [6.07, 6.45) is 7.38. The number of rotatable bonds is 2. The maximum absolute atomic E-state index is 4.59. The normalized spacial score (nSPS) is 26.9. The van der Waals surface area contributed by atoms with Crippen molar-refractivity contribution in [3.05, 3.63) is 29.6 Å². The fourth-order valence-corrected chi connectivity index (χ4v) is 3.69. The Morgan fingerprint density at radius 1 is 1.42 bits per heavy atom. The Morgan fingerprint density at radius 2 is 2.21 bits per heavy atom. The van der Waals surface area contributed by atoms with Crippen LogP contribution in [0.25, 0.3) is 0 Å². The molecule has 0 aromatic carbocycles. The molecule has 19 heavy (non-hydrogen) atoms. The van der Waals surface area contributed by atoms with Gasteiger partial charge < -0.3 is 5.32 Å². The fourth-order valence-electron chi connectivity index (χ4n) is 3.69. The van der Waals surface area contributed by atoms with Crippen LogP contribution in [0, 0.1) is 6.92 Å². The van der Waals surface area contributed by atoms with Crippen LogP contribution in [-0.2, 0) is 6.54 Å². The molecule has 3 nitrogen and oxygen atoms in total. The SMILES string of the molecule is Cc1cccnc1CN1CC(C)NCC12CCCC2. The van der Waals surface area contributed by atoms with Crippen LogP contribution in [0.3, 0.4) is 0 Å². The van der Waals surface area contributed by atoms with Crippen LogP contribution in [0.4, 0.5) is 0 Å². The first-order valence-corrected chi connectivity index (χ1v) is 7.59. The van der Waals surface area contributed by atoms with Gasteiger partial charge in [0.2, 0.25) is 0 Å². The van der Waals surface area contributed by atoms with Crippen molar-refractivity contribution in [2.24, 2.45) is 0 Å². The number of aromatic nitrogens is 1. The van der Waals surface area contributed by atoms with Gasteiger partial charge in [0, 0.05) is 37.4 Å². The van der Waals surface area contributed by atoms with Gasteiger partial charge in [0.1, 0.15) is 0 Å². The second-order valence-electron chi connectivity index (χ2n) is 6.36. The summed E-state index contributed by atoms with van der Waals surface area (Å²) < 4.78 is 0. The topological polar surface area (TPSA) is 28.2 Å². The predicted molar refractivity (Wildman–Crippen MR) is 78.0 cm³/mol. The van der Waals surface area contributed by atoms with Crippen LogP contribution in [0.1, 0.15) is 43.9 Å². The summed E-state index contributed by atoms with van der Waals surface area (Å²) in [7, 11) is 0. The second-order valence-corrected chi connectivity index (χ2v) is 6.36. The van der Waals surface area contributed by atoms with E-state index >= 15 is 0 Å². The molecule has 0 radical (unpaired) electrons. The van der Waals surface area contributed by atoms with E-state index in [4.69, 9.17) is 0 Å². The van der Waals surface area contributed by atoms with E-state index in [9.17, 15) is 0 Å². The molecule has 1 unspecified atom stereocenters. The zero-order chi connectivity index (χ0) is 13.3. The summed E-state index contributed by atoms with van der Waals surface area (Å²) in [4.78, 5) is 7.29. The minimum absolute atomic E-state index is 0.399. The second kappa shape index (κ2) is 5.22. The number of nitrogens with one attached hydrogen (secondary N) is 1. The summed E-state index contributed by atoms with van der Waals surface area (Å²) in [6.45, 7) is 7.78. The molecule has 0 bridgehead atoms. The summed E-state index contributed by atoms with van der Waals surface area (Å²) in [5, 5.41) is 3.68. The lowest BCUT2D eigenvalue weighted by Gasteiger charge is -2.47. The average Bonchev–Trinajstić information content (AvgIpc) is 2.87. The maximum Gasteiger partial charge on any atom is 0.0573 e. The molecule has 3 rings (SSSR count). The minimum atomic E-state index is 0.399. The van der Waals surface area contributed by atoms with Gasteiger partial charge in [-0.3, -0.25) is 9.88 Å². The van der Waals surface area contributed by atoms with E-state index in [1.807, 2.05) is 12.3 Å². The summed E-state index contributed by atoms with van der Waals surface area (Å²) >= 11 is 0. The summed E-state index contributed by atoms with van der Waals surface area (Å²) in [5.74, 6) is 0. The lowest BCUT2D eigenvalue weighted by molar-refractivity contribution is 0.0380. The van der Waals surface area contributed by atoms with Gasteiger partial charge >= 0.3 is 0 Å². The molecule has 2 fully saturated rings. The highest BCUT2D eigenvalue weighted by molar-refractivity contribution is 5.18. The van der Waals surface area contributed by atoms with Gasteiger partial charge in [-0.05, 0) is 38.3 Å². The third-order valence-corrected chi connectivity index (χ3v) is 4.94. The minimum Gasteiger partial charge on any atom is -0.311 e. The molecule has 1 aromatic heterocycles. The Hall–Kier alpha value is -0.930. The number of hydrogen-bond donors (Lipinski definition) is 1. The Kier molecular flexibility index (Phi) is 3.59. The van der Waals surface area contributed by atoms with Crippen LogP contribution in [0.15, 0.2) is 18.3 Å². The molecule has 0 amide bonds. The molecular formula is C16H25N3. The smallest absolute Gasteiger partial charge is 0.0573 e. The van der Waals surface area contributed by atoms with Crippen molar-refractivity contribution < 1.29 is 0 Å². The molecule has 1 saturated carbocycles. The molecule has 1 aromatic rings. The number of pyridine rings is 1. The van der Waals surface area contributed by atoms with E-state index in [-0.39, 0.29) is 0 Å². The highest BCUT2D eigenvalue weighted by Crippen LogP contribution is 2.37. The molecule has 2 aliphatic rings. The molecular weight excluding hydrogens is 234 g/mol. The van der Waals surface area contributed by atoms with E-state index in [1.165, 1.54) is 36.9 Å². The predicted octanol–water partition coefficient (Wildman–Crippen LogP) is 2.50. The number of hydrogen-bond acceptors (Lipinski definition) is 3. The molecule has 1 spiro atoms. The third-order valence-electron chi connectivity index (χ3n) is 4.94. The van der Waals surface area contributed by atoms with Gasteiger partial charge in [-0.2, -0.15) is 0 Å². The lowest BCUT2D eigenvalue weighted by atomic mass is 9.90. The quantitative estimate of drug-likeness (QED) is 0.884. The standard InChI is InChI=1S/C16H25N3/c1-13-6-5-9-17-15(13)11-19-10-14(2)18-12-16(19)7-3-4-8-16/h5-6,9,14,18H,3-4,7-8,10-12H2,1-2H3. The van der Waals surface area contributed by atoms with Gasteiger partial charge in [0.25, 0.3) is 0 Å². The zero-order valence-electron chi connectivity index (χ0n) is 12.2. The van der Waals surface area contributed by atoms with Crippen LogP contribution < -0.4 is 5.32 Å². The van der Waals surface area contributed by atoms with Gasteiger partial charge in [0.15, 0.2) is 0 Å². The van der Waals surface area contributed by atoms with Crippen LogP contribution >= 0.6 is 0 Å². The Balaban J connectivity index is 1.81. The first-order chi connectivity index (χ1) is 9.20. The van der Waals surface area contributed by atoms with E-state index in [0.29, 0.717) is 11.6 Å². The van der Waals surface area contributed by atoms with E-state index in [0.717, 1.165) is 19.6 Å². The lowest BCUT2D eigenvalue weighted by Crippen LogP contribution is -2.62. The van der Waals surface area contributed by atoms with E-state index in [2.05, 4.69) is 35.1 Å². The molecule has 2 heterocycles. The maximum atomic E-state index is 4.59. The zero-order valence-corrected chi connectivity index (χ0v) is 12.2. The molecule has 1 atom stereocenters. The molecule has 3 heteroatoms. The largest absolute Gasteiger partial charge is 0.311 e. The summed E-state index contributed by atoms with van der Waals surface area (Å²) in [5.41, 5.74) is 2.97. The van der Waals surface area contributed by atoms with Gasteiger partial charge in [0.05, 0.1) is 5.69 Å². The number of piperazine rings is 1. The van der Waals surface area contributed by atoms with Crippen molar-refractivity contribution in [2.45, 2.75) is 57.7 Å². The number of nitrogens with zero attached hydrogens (tertiary/aromatic N) is 2. The highest BCUT2D eigenvalue weighted by Gasteiger charge is 2.42. The molecule has 1 aliphatic carbocycles. The Morgan fingerprint density at radius 3 is 2.95 bits per heavy atom. The van der Waals surface area contributed by atoms with Crippen LogP contribution in [-0.4, -0.2) is 34.6 Å². The van der Waals surface area contributed by atoms with Crippen molar-refractivity contribution >= 4 is 0 Å². The summed E-state index contributed by atoms with van der Waals surface area (Å²) in [6, 6.07) is 4.80. The van der Waals surface area contributed by atoms with Crippen LogP contribution in [0.2, 0.25) is 0 Å². The van der Waals surface area contributed by atoms with Crippen LogP contribution in [0.5, 0.6) is 0 Å². The molecule has 1 N–H and O–H groups in total. The van der Waals surface area contributed by atoms with Crippen molar-refractivity contribution in [3.8, 4) is 0 Å². The third kappa shape index (κ3) is 2.54. The highest BCUT2D eigenvalue weighted by atomic mass is 15.3. The molecule has 1 saturated heterocycles. The Labute approximate surface area is 116 Å². The van der Waals surface area contributed by atoms with Gasteiger partial charge in [-0.1, -0.05) is 18.9 Å². The van der Waals surface area contributed by atoms with Crippen molar-refractivity contribution in [3.63, 3.8) is 0 Å². The number of aryl methyl sites for hydroxylation is 1. The van der Waals surface area contributed by atoms with Crippen molar-refractivity contribution in [1.82, 2.24) is 15.2 Å². The molecule has 104 valence electrons. The van der Waals surface area contributed by atoms with Crippen molar-refractivity contribution in [1.29, 1.82) is 0 Å².